The largest absolute Gasteiger partial charge is 0.359 e. The Morgan fingerprint density at radius 3 is 2.08 bits per heavy atom. The summed E-state index contributed by atoms with van der Waals surface area (Å²) in [5.74, 6) is 0.00569. The molecule has 25 heavy (non-hydrogen) atoms. The molecule has 0 amide bonds. The first-order chi connectivity index (χ1) is 12.2. The maximum Gasteiger partial charge on any atom is 0.187 e. The van der Waals surface area contributed by atoms with Gasteiger partial charge in [-0.3, -0.25) is 4.79 Å². The molecule has 0 fully saturated rings. The van der Waals surface area contributed by atoms with Crippen LogP contribution in [0, 0.1) is 6.92 Å². The molecule has 2 heteroatoms. The van der Waals surface area contributed by atoms with Crippen LogP contribution in [0.2, 0.25) is 0 Å². The van der Waals surface area contributed by atoms with Crippen molar-refractivity contribution in [1.82, 2.24) is 0 Å². The van der Waals surface area contributed by atoms with E-state index < -0.39 is 0 Å². The van der Waals surface area contributed by atoms with Gasteiger partial charge in [-0.1, -0.05) is 78.4 Å². The molecule has 2 nitrogen and oxygen atoms in total. The van der Waals surface area contributed by atoms with Gasteiger partial charge in [-0.25, -0.2) is 0 Å². The lowest BCUT2D eigenvalue weighted by molar-refractivity contribution is 0.104. The van der Waals surface area contributed by atoms with Crippen molar-refractivity contribution in [3.8, 4) is 0 Å². The topological polar surface area (TPSA) is 29.1 Å². The zero-order valence-electron chi connectivity index (χ0n) is 14.3. The third-order valence-electron chi connectivity index (χ3n) is 3.96. The molecule has 0 aliphatic heterocycles. The molecule has 0 aromatic heterocycles. The lowest BCUT2D eigenvalue weighted by atomic mass is 10.1. The molecule has 0 saturated carbocycles. The van der Waals surface area contributed by atoms with Gasteiger partial charge in [-0.2, -0.15) is 0 Å². The average Bonchev–Trinajstić information content (AvgIpc) is 2.65. The van der Waals surface area contributed by atoms with Gasteiger partial charge in [-0.15, -0.1) is 0 Å². The predicted octanol–water partition coefficient (Wildman–Crippen LogP) is 5.42. The number of hydrogen-bond acceptors (Lipinski definition) is 2. The number of carbonyl (C=O) groups excluding carboxylic acids is 1. The van der Waals surface area contributed by atoms with Crippen LogP contribution in [-0.2, 0) is 6.42 Å². The van der Waals surface area contributed by atoms with Gasteiger partial charge in [0.2, 0.25) is 0 Å². The van der Waals surface area contributed by atoms with Crippen molar-refractivity contribution in [1.29, 1.82) is 0 Å². The number of carbonyl (C=O) groups is 1. The second-order valence-corrected chi connectivity index (χ2v) is 6.05. The lowest BCUT2D eigenvalue weighted by Gasteiger charge is -2.12. The maximum atomic E-state index is 12.6. The van der Waals surface area contributed by atoms with E-state index in [1.807, 2.05) is 60.7 Å². The van der Waals surface area contributed by atoms with E-state index in [-0.39, 0.29) is 5.78 Å². The second kappa shape index (κ2) is 8.11. The molecule has 3 rings (SSSR count). The quantitative estimate of drug-likeness (QED) is 0.484. The van der Waals surface area contributed by atoms with Gasteiger partial charge in [-0.05, 0) is 24.6 Å². The third kappa shape index (κ3) is 4.92. The van der Waals surface area contributed by atoms with E-state index >= 15 is 0 Å². The molecular weight excluding hydrogens is 306 g/mol. The first-order valence-corrected chi connectivity index (χ1v) is 8.38. The number of benzene rings is 3. The van der Waals surface area contributed by atoms with Gasteiger partial charge in [0.05, 0.1) is 0 Å². The summed E-state index contributed by atoms with van der Waals surface area (Å²) in [6, 6.07) is 27.7. The molecule has 124 valence electrons. The van der Waals surface area contributed by atoms with Crippen LogP contribution in [0.25, 0.3) is 0 Å². The van der Waals surface area contributed by atoms with E-state index in [1.54, 1.807) is 6.08 Å². The SMILES string of the molecule is Cc1ccc(N/C(=C\C(=O)c2ccccc2)Cc2ccccc2)cc1. The van der Waals surface area contributed by atoms with Crippen LogP contribution in [0.1, 0.15) is 21.5 Å². The standard InChI is InChI=1S/C23H21NO/c1-18-12-14-21(15-13-18)24-22(16-19-8-4-2-5-9-19)17-23(25)20-10-6-3-7-11-20/h2-15,17,24H,16H2,1H3/b22-17-. The molecule has 0 radical (unpaired) electrons. The average molecular weight is 327 g/mol. The third-order valence-corrected chi connectivity index (χ3v) is 3.96. The van der Waals surface area contributed by atoms with Crippen molar-refractivity contribution >= 4 is 11.5 Å². The van der Waals surface area contributed by atoms with E-state index in [1.165, 1.54) is 5.56 Å². The van der Waals surface area contributed by atoms with Crippen LogP contribution in [0.15, 0.2) is 96.7 Å². The highest BCUT2D eigenvalue weighted by Gasteiger charge is 2.07. The summed E-state index contributed by atoms with van der Waals surface area (Å²) in [4.78, 5) is 12.6. The zero-order valence-corrected chi connectivity index (χ0v) is 14.3. The first-order valence-electron chi connectivity index (χ1n) is 8.38. The molecular formula is C23H21NO. The number of rotatable bonds is 6. The summed E-state index contributed by atoms with van der Waals surface area (Å²) in [6.07, 6.45) is 2.37. The van der Waals surface area contributed by atoms with Crippen molar-refractivity contribution < 1.29 is 4.79 Å². The lowest BCUT2D eigenvalue weighted by Crippen LogP contribution is -2.07. The fourth-order valence-electron chi connectivity index (χ4n) is 2.61. The zero-order chi connectivity index (χ0) is 17.5. The normalized spacial score (nSPS) is 11.2. The highest BCUT2D eigenvalue weighted by atomic mass is 16.1. The van der Waals surface area contributed by atoms with Crippen molar-refractivity contribution in [2.24, 2.45) is 0 Å². The molecule has 3 aromatic carbocycles. The Bertz CT molecular complexity index is 850. The summed E-state index contributed by atoms with van der Waals surface area (Å²) >= 11 is 0. The first kappa shape index (κ1) is 16.7. The Labute approximate surface area is 148 Å². The summed E-state index contributed by atoms with van der Waals surface area (Å²) in [7, 11) is 0. The van der Waals surface area contributed by atoms with E-state index in [0.717, 1.165) is 16.9 Å². The van der Waals surface area contributed by atoms with Crippen molar-refractivity contribution in [3.05, 3.63) is 113 Å². The van der Waals surface area contributed by atoms with E-state index in [2.05, 4.69) is 36.5 Å². The van der Waals surface area contributed by atoms with Gasteiger partial charge in [0.1, 0.15) is 0 Å². The predicted molar refractivity (Wildman–Crippen MR) is 104 cm³/mol. The number of anilines is 1. The highest BCUT2D eigenvalue weighted by Crippen LogP contribution is 2.16. The summed E-state index contributed by atoms with van der Waals surface area (Å²) in [5.41, 5.74) is 4.92. The Hall–Kier alpha value is -3.13. The molecule has 0 bridgehead atoms. The van der Waals surface area contributed by atoms with Crippen LogP contribution in [-0.4, -0.2) is 5.78 Å². The second-order valence-electron chi connectivity index (χ2n) is 6.05. The highest BCUT2D eigenvalue weighted by molar-refractivity contribution is 6.05. The number of aryl methyl sites for hydroxylation is 1. The van der Waals surface area contributed by atoms with Crippen molar-refractivity contribution in [2.45, 2.75) is 13.3 Å². The van der Waals surface area contributed by atoms with E-state index in [9.17, 15) is 4.79 Å². The van der Waals surface area contributed by atoms with Crippen LogP contribution < -0.4 is 5.32 Å². The molecule has 1 N–H and O–H groups in total. The van der Waals surface area contributed by atoms with Gasteiger partial charge < -0.3 is 5.32 Å². The van der Waals surface area contributed by atoms with Gasteiger partial charge in [0, 0.05) is 29.4 Å². The molecule has 0 unspecified atom stereocenters. The fraction of sp³-hybridized carbons (Fsp3) is 0.0870. The van der Waals surface area contributed by atoms with E-state index in [4.69, 9.17) is 0 Å². The minimum Gasteiger partial charge on any atom is -0.359 e. The Morgan fingerprint density at radius 2 is 1.44 bits per heavy atom. The molecule has 0 aliphatic carbocycles. The minimum absolute atomic E-state index is 0.00569. The van der Waals surface area contributed by atoms with Crippen LogP contribution in [0.4, 0.5) is 5.69 Å². The van der Waals surface area contributed by atoms with Crippen LogP contribution in [0.5, 0.6) is 0 Å². The molecule has 3 aromatic rings. The molecule has 0 saturated heterocycles. The Kier molecular flexibility index (Phi) is 5.43. The summed E-state index contributed by atoms with van der Waals surface area (Å²) < 4.78 is 0. The number of nitrogens with one attached hydrogen (secondary N) is 1. The van der Waals surface area contributed by atoms with Gasteiger partial charge in [0.25, 0.3) is 0 Å². The van der Waals surface area contributed by atoms with Crippen LogP contribution >= 0.6 is 0 Å². The Morgan fingerprint density at radius 1 is 0.840 bits per heavy atom. The van der Waals surface area contributed by atoms with Crippen LogP contribution in [0.3, 0.4) is 0 Å². The maximum absolute atomic E-state index is 12.6. The van der Waals surface area contributed by atoms with Crippen molar-refractivity contribution in [3.63, 3.8) is 0 Å². The van der Waals surface area contributed by atoms with E-state index in [0.29, 0.717) is 12.0 Å². The van der Waals surface area contributed by atoms with Crippen molar-refractivity contribution in [2.75, 3.05) is 5.32 Å². The minimum atomic E-state index is 0.00569. The number of hydrogen-bond donors (Lipinski definition) is 1. The fourth-order valence-corrected chi connectivity index (χ4v) is 2.61. The van der Waals surface area contributed by atoms with Gasteiger partial charge in [0.15, 0.2) is 5.78 Å². The van der Waals surface area contributed by atoms with Gasteiger partial charge >= 0.3 is 0 Å². The molecule has 0 heterocycles. The monoisotopic (exact) mass is 327 g/mol. The Balaban J connectivity index is 1.86. The summed E-state index contributed by atoms with van der Waals surface area (Å²) in [6.45, 7) is 2.06. The molecule has 0 atom stereocenters. The number of allylic oxidation sites excluding steroid dienone is 2. The summed E-state index contributed by atoms with van der Waals surface area (Å²) in [5, 5.41) is 3.40. The molecule has 0 aliphatic rings. The number of ketones is 1. The molecule has 0 spiro atoms. The smallest absolute Gasteiger partial charge is 0.187 e.